The van der Waals surface area contributed by atoms with Crippen molar-refractivity contribution in [1.82, 2.24) is 4.90 Å². The fraction of sp³-hybridized carbons (Fsp3) is 0.917. The van der Waals surface area contributed by atoms with Gasteiger partial charge in [-0.05, 0) is 25.8 Å². The lowest BCUT2D eigenvalue weighted by atomic mass is 9.97. The van der Waals surface area contributed by atoms with Gasteiger partial charge in [0.1, 0.15) is 6.04 Å². The molecule has 0 aromatic heterocycles. The van der Waals surface area contributed by atoms with Crippen LogP contribution in [0.2, 0.25) is 0 Å². The molecule has 2 unspecified atom stereocenters. The van der Waals surface area contributed by atoms with Gasteiger partial charge in [-0.25, -0.2) is 0 Å². The second-order valence-electron chi connectivity index (χ2n) is 4.56. The van der Waals surface area contributed by atoms with Gasteiger partial charge in [-0.2, -0.15) is 0 Å². The Bertz CT molecular complexity index is 219. The molecule has 1 aliphatic heterocycles. The summed E-state index contributed by atoms with van der Waals surface area (Å²) in [6, 6.07) is 0.108. The Kier molecular flexibility index (Phi) is 5.77. The van der Waals surface area contributed by atoms with Crippen LogP contribution in [0.1, 0.15) is 39.0 Å². The number of likely N-dealkylation sites (tertiary alicyclic amines) is 1. The highest BCUT2D eigenvalue weighted by Gasteiger charge is 2.25. The van der Waals surface area contributed by atoms with Crippen molar-refractivity contribution in [2.24, 2.45) is 5.73 Å². The Morgan fingerprint density at radius 2 is 2.31 bits per heavy atom. The number of carbonyl (C=O) groups is 1. The minimum atomic E-state index is -0.498. The molecule has 0 amide bonds. The van der Waals surface area contributed by atoms with E-state index in [1.807, 2.05) is 0 Å². The van der Waals surface area contributed by atoms with E-state index in [0.717, 1.165) is 6.54 Å². The Balaban J connectivity index is 2.45. The predicted molar refractivity (Wildman–Crippen MR) is 64.1 cm³/mol. The molecule has 0 aromatic carbocycles. The summed E-state index contributed by atoms with van der Waals surface area (Å²) < 4.78 is 4.66. The topological polar surface area (TPSA) is 55.6 Å². The summed E-state index contributed by atoms with van der Waals surface area (Å²) in [5.74, 6) is -0.305. The number of piperidine rings is 1. The largest absolute Gasteiger partial charge is 0.468 e. The molecule has 1 aliphatic rings. The van der Waals surface area contributed by atoms with E-state index in [4.69, 9.17) is 5.73 Å². The van der Waals surface area contributed by atoms with Gasteiger partial charge in [0.25, 0.3) is 0 Å². The molecule has 0 spiro atoms. The third-order valence-electron chi connectivity index (χ3n) is 3.31. The molecule has 2 atom stereocenters. The first-order valence-corrected chi connectivity index (χ1v) is 6.26. The van der Waals surface area contributed by atoms with E-state index in [1.165, 1.54) is 39.2 Å². The molecule has 0 aromatic rings. The van der Waals surface area contributed by atoms with Crippen molar-refractivity contribution >= 4 is 5.97 Å². The summed E-state index contributed by atoms with van der Waals surface area (Å²) in [4.78, 5) is 13.6. The standard InChI is InChI=1S/C12H24N2O2/c1-3-6-10-7-4-5-8-14(10)9-11(13)12(15)16-2/h10-11H,3-9,13H2,1-2H3. The lowest BCUT2D eigenvalue weighted by molar-refractivity contribution is -0.142. The second kappa shape index (κ2) is 6.86. The molecule has 0 bridgehead atoms. The van der Waals surface area contributed by atoms with Crippen LogP contribution in [0.15, 0.2) is 0 Å². The first-order chi connectivity index (χ1) is 7.69. The minimum Gasteiger partial charge on any atom is -0.468 e. The Morgan fingerprint density at radius 1 is 1.56 bits per heavy atom. The fourth-order valence-electron chi connectivity index (χ4n) is 2.44. The van der Waals surface area contributed by atoms with E-state index < -0.39 is 6.04 Å². The summed E-state index contributed by atoms with van der Waals surface area (Å²) in [7, 11) is 1.39. The highest BCUT2D eigenvalue weighted by Crippen LogP contribution is 2.20. The maximum Gasteiger partial charge on any atom is 0.323 e. The number of ether oxygens (including phenoxy) is 1. The van der Waals surface area contributed by atoms with E-state index in [2.05, 4.69) is 16.6 Å². The molecule has 1 saturated heterocycles. The lowest BCUT2D eigenvalue weighted by Gasteiger charge is -2.36. The van der Waals surface area contributed by atoms with Gasteiger partial charge in [-0.15, -0.1) is 0 Å². The van der Waals surface area contributed by atoms with Gasteiger partial charge in [0, 0.05) is 12.6 Å². The second-order valence-corrected chi connectivity index (χ2v) is 4.56. The highest BCUT2D eigenvalue weighted by molar-refractivity contribution is 5.75. The van der Waals surface area contributed by atoms with Crippen LogP contribution >= 0.6 is 0 Å². The zero-order chi connectivity index (χ0) is 12.0. The average Bonchev–Trinajstić information content (AvgIpc) is 2.31. The Hall–Kier alpha value is -0.610. The lowest BCUT2D eigenvalue weighted by Crippen LogP contribution is -2.49. The van der Waals surface area contributed by atoms with Crippen LogP contribution in [-0.4, -0.2) is 43.2 Å². The van der Waals surface area contributed by atoms with Crippen LogP contribution in [0.5, 0.6) is 0 Å². The SMILES string of the molecule is CCCC1CCCCN1CC(N)C(=O)OC. The number of esters is 1. The zero-order valence-corrected chi connectivity index (χ0v) is 10.4. The molecule has 1 heterocycles. The first kappa shape index (κ1) is 13.5. The summed E-state index contributed by atoms with van der Waals surface area (Å²) >= 11 is 0. The Labute approximate surface area is 98.1 Å². The molecular weight excluding hydrogens is 204 g/mol. The van der Waals surface area contributed by atoms with Crippen LogP contribution in [0.3, 0.4) is 0 Å². The van der Waals surface area contributed by atoms with Crippen molar-refractivity contribution in [2.75, 3.05) is 20.2 Å². The van der Waals surface area contributed by atoms with E-state index in [9.17, 15) is 4.79 Å². The number of nitrogens with two attached hydrogens (primary N) is 1. The predicted octanol–water partition coefficient (Wildman–Crippen LogP) is 1.14. The molecule has 0 saturated carbocycles. The van der Waals surface area contributed by atoms with E-state index in [0.29, 0.717) is 12.6 Å². The van der Waals surface area contributed by atoms with Crippen molar-refractivity contribution < 1.29 is 9.53 Å². The molecule has 0 aliphatic carbocycles. The van der Waals surface area contributed by atoms with Gasteiger partial charge in [0.2, 0.25) is 0 Å². The number of methoxy groups -OCH3 is 1. The highest BCUT2D eigenvalue weighted by atomic mass is 16.5. The normalized spacial score (nSPS) is 24.1. The van der Waals surface area contributed by atoms with Gasteiger partial charge in [0.15, 0.2) is 0 Å². The molecule has 2 N–H and O–H groups in total. The Morgan fingerprint density at radius 3 is 2.94 bits per heavy atom. The molecular formula is C12H24N2O2. The summed E-state index contributed by atoms with van der Waals surface area (Å²) in [5.41, 5.74) is 5.80. The number of rotatable bonds is 5. The molecule has 4 nitrogen and oxygen atoms in total. The van der Waals surface area contributed by atoms with Crippen molar-refractivity contribution in [3.05, 3.63) is 0 Å². The molecule has 16 heavy (non-hydrogen) atoms. The van der Waals surface area contributed by atoms with Gasteiger partial charge in [-0.3, -0.25) is 9.69 Å². The molecule has 1 fully saturated rings. The van der Waals surface area contributed by atoms with Crippen molar-refractivity contribution in [3.8, 4) is 0 Å². The molecule has 0 radical (unpaired) electrons. The van der Waals surface area contributed by atoms with Crippen LogP contribution < -0.4 is 5.73 Å². The van der Waals surface area contributed by atoms with Gasteiger partial charge < -0.3 is 10.5 Å². The van der Waals surface area contributed by atoms with Gasteiger partial charge in [0.05, 0.1) is 7.11 Å². The maximum atomic E-state index is 11.3. The van der Waals surface area contributed by atoms with Crippen molar-refractivity contribution in [2.45, 2.75) is 51.1 Å². The first-order valence-electron chi connectivity index (χ1n) is 6.26. The maximum absolute atomic E-state index is 11.3. The monoisotopic (exact) mass is 228 g/mol. The van der Waals surface area contributed by atoms with Crippen LogP contribution in [0, 0.1) is 0 Å². The van der Waals surface area contributed by atoms with E-state index in [-0.39, 0.29) is 5.97 Å². The van der Waals surface area contributed by atoms with Crippen LogP contribution in [-0.2, 0) is 9.53 Å². The number of nitrogens with zero attached hydrogens (tertiary/aromatic N) is 1. The fourth-order valence-corrected chi connectivity index (χ4v) is 2.44. The minimum absolute atomic E-state index is 0.305. The number of hydrogen-bond donors (Lipinski definition) is 1. The smallest absolute Gasteiger partial charge is 0.323 e. The zero-order valence-electron chi connectivity index (χ0n) is 10.4. The third-order valence-corrected chi connectivity index (χ3v) is 3.31. The van der Waals surface area contributed by atoms with Crippen LogP contribution in [0.4, 0.5) is 0 Å². The van der Waals surface area contributed by atoms with Gasteiger partial charge in [-0.1, -0.05) is 19.8 Å². The average molecular weight is 228 g/mol. The number of hydrogen-bond acceptors (Lipinski definition) is 4. The molecule has 94 valence electrons. The van der Waals surface area contributed by atoms with E-state index in [1.54, 1.807) is 0 Å². The summed E-state index contributed by atoms with van der Waals surface area (Å²) in [6.07, 6.45) is 6.15. The van der Waals surface area contributed by atoms with Gasteiger partial charge >= 0.3 is 5.97 Å². The van der Waals surface area contributed by atoms with E-state index >= 15 is 0 Å². The van der Waals surface area contributed by atoms with Crippen molar-refractivity contribution in [3.63, 3.8) is 0 Å². The third kappa shape index (κ3) is 3.76. The summed E-state index contributed by atoms with van der Waals surface area (Å²) in [6.45, 7) is 3.90. The molecule has 4 heteroatoms. The number of carbonyl (C=O) groups excluding carboxylic acids is 1. The summed E-state index contributed by atoms with van der Waals surface area (Å²) in [5, 5.41) is 0. The quantitative estimate of drug-likeness (QED) is 0.717. The molecule has 1 rings (SSSR count). The van der Waals surface area contributed by atoms with Crippen molar-refractivity contribution in [1.29, 1.82) is 0 Å². The van der Waals surface area contributed by atoms with Crippen LogP contribution in [0.25, 0.3) is 0 Å².